The van der Waals surface area contributed by atoms with E-state index in [-0.39, 0.29) is 6.04 Å². The largest absolute Gasteiger partial charge is 0.492 e. The molecular weight excluding hydrogens is 406 g/mol. The molecule has 1 aliphatic rings. The highest BCUT2D eigenvalue weighted by atomic mass is 35.5. The van der Waals surface area contributed by atoms with Crippen LogP contribution in [-0.2, 0) is 0 Å². The molecular formula is C26H30ClN3O. The van der Waals surface area contributed by atoms with Crippen LogP contribution in [0.1, 0.15) is 30.1 Å². The number of nitrogens with one attached hydrogen (secondary N) is 1. The van der Waals surface area contributed by atoms with Gasteiger partial charge in [0.2, 0.25) is 0 Å². The normalized spacial score (nSPS) is 16.2. The molecule has 31 heavy (non-hydrogen) atoms. The zero-order valence-corrected chi connectivity index (χ0v) is 18.5. The zero-order valence-electron chi connectivity index (χ0n) is 17.8. The van der Waals surface area contributed by atoms with Gasteiger partial charge in [0.1, 0.15) is 12.4 Å². The Balaban J connectivity index is 1.25. The van der Waals surface area contributed by atoms with Gasteiger partial charge >= 0.3 is 0 Å². The number of pyridine rings is 1. The van der Waals surface area contributed by atoms with Gasteiger partial charge in [0.25, 0.3) is 0 Å². The number of hydrogen-bond acceptors (Lipinski definition) is 4. The second kappa shape index (κ2) is 11.3. The lowest BCUT2D eigenvalue weighted by Gasteiger charge is -2.33. The first kappa shape index (κ1) is 21.8. The van der Waals surface area contributed by atoms with Crippen LogP contribution in [0.4, 0.5) is 0 Å². The molecule has 1 aliphatic heterocycles. The van der Waals surface area contributed by atoms with Crippen LogP contribution >= 0.6 is 11.6 Å². The van der Waals surface area contributed by atoms with E-state index in [0.29, 0.717) is 5.92 Å². The predicted molar refractivity (Wildman–Crippen MR) is 127 cm³/mol. The van der Waals surface area contributed by atoms with Crippen molar-refractivity contribution in [2.24, 2.45) is 5.92 Å². The molecule has 0 radical (unpaired) electrons. The number of para-hydroxylation sites is 1. The number of ether oxygens (including phenoxy) is 1. The van der Waals surface area contributed by atoms with E-state index in [0.717, 1.165) is 49.3 Å². The van der Waals surface area contributed by atoms with Crippen molar-refractivity contribution in [1.82, 2.24) is 15.2 Å². The number of hydrogen-bond donors (Lipinski definition) is 1. The van der Waals surface area contributed by atoms with E-state index in [2.05, 4.69) is 33.4 Å². The van der Waals surface area contributed by atoms with Gasteiger partial charge in [-0.25, -0.2) is 0 Å². The van der Waals surface area contributed by atoms with Gasteiger partial charge in [0.05, 0.1) is 11.7 Å². The van der Waals surface area contributed by atoms with Crippen molar-refractivity contribution in [3.8, 4) is 5.75 Å². The Bertz CT molecular complexity index is 897. The third-order valence-corrected chi connectivity index (χ3v) is 6.18. The second-order valence-corrected chi connectivity index (χ2v) is 8.53. The molecule has 3 aromatic rings. The molecule has 1 N–H and O–H groups in total. The van der Waals surface area contributed by atoms with Gasteiger partial charge in [0, 0.05) is 17.8 Å². The van der Waals surface area contributed by atoms with Gasteiger partial charge in [-0.1, -0.05) is 48.0 Å². The summed E-state index contributed by atoms with van der Waals surface area (Å²) in [4.78, 5) is 7.10. The zero-order chi connectivity index (χ0) is 21.3. The number of rotatable bonds is 9. The SMILES string of the molecule is Clc1ccc([C@@H](NCC2CCN(CCOc3ccccc3)CC2)c2ccccn2)cc1. The monoisotopic (exact) mass is 435 g/mol. The Kier molecular flexibility index (Phi) is 7.94. The van der Waals surface area contributed by atoms with Crippen LogP contribution in [0.2, 0.25) is 5.02 Å². The van der Waals surface area contributed by atoms with Crippen LogP contribution in [0, 0.1) is 5.92 Å². The van der Waals surface area contributed by atoms with E-state index in [1.54, 1.807) is 0 Å². The fourth-order valence-electron chi connectivity index (χ4n) is 4.10. The highest BCUT2D eigenvalue weighted by Gasteiger charge is 2.21. The number of likely N-dealkylation sites (tertiary alicyclic amines) is 1. The first-order valence-corrected chi connectivity index (χ1v) is 11.5. The molecule has 1 fully saturated rings. The molecule has 0 spiro atoms. The molecule has 4 nitrogen and oxygen atoms in total. The molecule has 0 aliphatic carbocycles. The summed E-state index contributed by atoms with van der Waals surface area (Å²) >= 11 is 6.10. The van der Waals surface area contributed by atoms with Crippen molar-refractivity contribution in [2.75, 3.05) is 32.8 Å². The number of piperidine rings is 1. The predicted octanol–water partition coefficient (Wildman–Crippen LogP) is 5.21. The standard InChI is InChI=1S/C26H30ClN3O/c27-23-11-9-22(10-12-23)26(25-8-4-5-15-28-25)29-20-21-13-16-30(17-14-21)18-19-31-24-6-2-1-3-7-24/h1-12,15,21,26,29H,13-14,16-20H2/t26-/m1/s1. The van der Waals surface area contributed by atoms with Gasteiger partial charge in [-0.15, -0.1) is 0 Å². The average Bonchev–Trinajstić information content (AvgIpc) is 2.83. The molecule has 1 aromatic heterocycles. The first-order valence-electron chi connectivity index (χ1n) is 11.1. The Morgan fingerprint density at radius 2 is 1.71 bits per heavy atom. The number of halogens is 1. The first-order chi connectivity index (χ1) is 15.3. The van der Waals surface area contributed by atoms with Gasteiger partial charge in [-0.2, -0.15) is 0 Å². The summed E-state index contributed by atoms with van der Waals surface area (Å²) in [6, 6.07) is 24.3. The summed E-state index contributed by atoms with van der Waals surface area (Å²) in [7, 11) is 0. The maximum absolute atomic E-state index is 6.10. The molecule has 0 unspecified atom stereocenters. The van der Waals surface area contributed by atoms with E-state index in [1.807, 2.05) is 60.8 Å². The van der Waals surface area contributed by atoms with Crippen LogP contribution in [0.3, 0.4) is 0 Å². The van der Waals surface area contributed by atoms with E-state index in [9.17, 15) is 0 Å². The van der Waals surface area contributed by atoms with Crippen LogP contribution in [0.15, 0.2) is 79.0 Å². The van der Waals surface area contributed by atoms with E-state index in [1.165, 1.54) is 18.4 Å². The molecule has 2 heterocycles. The molecule has 4 rings (SSSR count). The topological polar surface area (TPSA) is 37.4 Å². The number of benzene rings is 2. The maximum Gasteiger partial charge on any atom is 0.119 e. The van der Waals surface area contributed by atoms with E-state index < -0.39 is 0 Å². The minimum absolute atomic E-state index is 0.0794. The Morgan fingerprint density at radius 3 is 2.42 bits per heavy atom. The van der Waals surface area contributed by atoms with Gasteiger partial charge in [-0.05, 0) is 80.4 Å². The minimum atomic E-state index is 0.0794. The van der Waals surface area contributed by atoms with Crippen molar-refractivity contribution >= 4 is 11.6 Å². The van der Waals surface area contributed by atoms with Crippen molar-refractivity contribution in [3.63, 3.8) is 0 Å². The summed E-state index contributed by atoms with van der Waals surface area (Å²) < 4.78 is 5.85. The van der Waals surface area contributed by atoms with E-state index >= 15 is 0 Å². The van der Waals surface area contributed by atoms with Crippen molar-refractivity contribution in [1.29, 1.82) is 0 Å². The van der Waals surface area contributed by atoms with Gasteiger partial charge in [-0.3, -0.25) is 9.88 Å². The minimum Gasteiger partial charge on any atom is -0.492 e. The molecule has 1 saturated heterocycles. The van der Waals surface area contributed by atoms with Crippen LogP contribution in [-0.4, -0.2) is 42.7 Å². The third kappa shape index (κ3) is 6.54. The summed E-state index contributed by atoms with van der Waals surface area (Å²) in [6.45, 7) is 4.96. The molecule has 0 amide bonds. The molecule has 0 saturated carbocycles. The highest BCUT2D eigenvalue weighted by molar-refractivity contribution is 6.30. The van der Waals surface area contributed by atoms with Gasteiger partial charge in [0.15, 0.2) is 0 Å². The lowest BCUT2D eigenvalue weighted by molar-refractivity contribution is 0.153. The summed E-state index contributed by atoms with van der Waals surface area (Å²) in [5, 5.41) is 4.53. The molecule has 2 aromatic carbocycles. The number of aromatic nitrogens is 1. The second-order valence-electron chi connectivity index (χ2n) is 8.09. The third-order valence-electron chi connectivity index (χ3n) is 5.92. The fraction of sp³-hybridized carbons (Fsp3) is 0.346. The highest BCUT2D eigenvalue weighted by Crippen LogP contribution is 2.24. The lowest BCUT2D eigenvalue weighted by Crippen LogP contribution is -2.40. The van der Waals surface area contributed by atoms with Crippen molar-refractivity contribution in [3.05, 3.63) is 95.3 Å². The maximum atomic E-state index is 6.10. The number of nitrogens with zero attached hydrogens (tertiary/aromatic N) is 2. The lowest BCUT2D eigenvalue weighted by atomic mass is 9.95. The summed E-state index contributed by atoms with van der Waals surface area (Å²) in [5.41, 5.74) is 2.24. The van der Waals surface area contributed by atoms with Crippen LogP contribution < -0.4 is 10.1 Å². The van der Waals surface area contributed by atoms with Crippen molar-refractivity contribution in [2.45, 2.75) is 18.9 Å². The average molecular weight is 436 g/mol. The van der Waals surface area contributed by atoms with E-state index in [4.69, 9.17) is 16.3 Å². The van der Waals surface area contributed by atoms with Crippen molar-refractivity contribution < 1.29 is 4.74 Å². The summed E-state index contributed by atoms with van der Waals surface area (Å²) in [5.74, 6) is 1.62. The molecule has 0 bridgehead atoms. The Hall–Kier alpha value is -2.40. The molecule has 162 valence electrons. The van der Waals surface area contributed by atoms with Gasteiger partial charge < -0.3 is 10.1 Å². The molecule has 5 heteroatoms. The fourth-order valence-corrected chi connectivity index (χ4v) is 4.23. The van der Waals surface area contributed by atoms with Crippen LogP contribution in [0.25, 0.3) is 0 Å². The van der Waals surface area contributed by atoms with Crippen LogP contribution in [0.5, 0.6) is 5.75 Å². The summed E-state index contributed by atoms with van der Waals surface area (Å²) in [6.07, 6.45) is 4.26. The molecule has 1 atom stereocenters. The smallest absolute Gasteiger partial charge is 0.119 e. The Labute approximate surface area is 190 Å². The quantitative estimate of drug-likeness (QED) is 0.501. The Morgan fingerprint density at radius 1 is 0.968 bits per heavy atom.